The molecule has 0 heterocycles. The zero-order valence-electron chi connectivity index (χ0n) is 14.3. The summed E-state index contributed by atoms with van der Waals surface area (Å²) < 4.78 is 0. The van der Waals surface area contributed by atoms with Gasteiger partial charge in [-0.25, -0.2) is 0 Å². The molecule has 0 aliphatic carbocycles. The fourth-order valence-electron chi connectivity index (χ4n) is 2.24. The maximum Gasteiger partial charge on any atom is 0.251 e. The van der Waals surface area contributed by atoms with Crippen LogP contribution in [0.1, 0.15) is 28.4 Å². The number of amides is 2. The van der Waals surface area contributed by atoms with Gasteiger partial charge in [-0.2, -0.15) is 0 Å². The molecule has 0 aromatic heterocycles. The van der Waals surface area contributed by atoms with E-state index in [1.54, 1.807) is 30.5 Å². The Morgan fingerprint density at radius 1 is 1.12 bits per heavy atom. The Hall–Kier alpha value is -3.15. The number of rotatable bonds is 7. The molecule has 0 saturated heterocycles. The van der Waals surface area contributed by atoms with Crippen molar-refractivity contribution in [1.29, 1.82) is 0 Å². The molecule has 130 valence electrons. The Kier molecular flexibility index (Phi) is 6.71. The topological polar surface area (TPSA) is 79.8 Å². The van der Waals surface area contributed by atoms with Crippen LogP contribution < -0.4 is 10.6 Å². The Labute approximate surface area is 146 Å². The molecule has 0 aliphatic heterocycles. The summed E-state index contributed by atoms with van der Waals surface area (Å²) in [5.41, 5.74) is 3.10. The molecule has 2 amide bonds. The third-order valence-corrected chi connectivity index (χ3v) is 3.56. The molecular weight excluding hydrogens is 318 g/mol. The Morgan fingerprint density at radius 2 is 1.84 bits per heavy atom. The summed E-state index contributed by atoms with van der Waals surface area (Å²) in [5, 5.41) is 9.08. The first-order valence-electron chi connectivity index (χ1n) is 7.96. The van der Waals surface area contributed by atoms with Crippen LogP contribution in [0.25, 0.3) is 0 Å². The molecule has 2 aromatic rings. The van der Waals surface area contributed by atoms with Crippen molar-refractivity contribution in [2.24, 2.45) is 5.16 Å². The normalized spacial score (nSPS) is 10.5. The standard InChI is InChI=1S/C19H21N3O3/c1-3-15-6-4-5-7-17(15)22-18(23)13-20-19(24)16-10-8-14(9-11-16)12-21-25-2/h4-12H,3,13H2,1-2H3,(H,20,24)(H,22,23)/b21-12+. The number of nitrogens with one attached hydrogen (secondary N) is 2. The van der Waals surface area contributed by atoms with Crippen LogP contribution in [0.5, 0.6) is 0 Å². The lowest BCUT2D eigenvalue weighted by Crippen LogP contribution is -2.33. The number of hydrogen-bond donors (Lipinski definition) is 2. The van der Waals surface area contributed by atoms with E-state index in [0.717, 1.165) is 23.2 Å². The first kappa shape index (κ1) is 18.2. The maximum absolute atomic E-state index is 12.1. The average Bonchev–Trinajstić information content (AvgIpc) is 2.65. The third kappa shape index (κ3) is 5.46. The SMILES string of the molecule is CCc1ccccc1NC(=O)CNC(=O)c1ccc(/C=N/OC)cc1. The van der Waals surface area contributed by atoms with Gasteiger partial charge >= 0.3 is 0 Å². The average molecular weight is 339 g/mol. The fourth-order valence-corrected chi connectivity index (χ4v) is 2.24. The Bertz CT molecular complexity index is 755. The van der Waals surface area contributed by atoms with Crippen LogP contribution in [0.15, 0.2) is 53.7 Å². The third-order valence-electron chi connectivity index (χ3n) is 3.56. The zero-order chi connectivity index (χ0) is 18.1. The summed E-state index contributed by atoms with van der Waals surface area (Å²) in [6.45, 7) is 1.93. The van der Waals surface area contributed by atoms with Crippen LogP contribution in [0.4, 0.5) is 5.69 Å². The Balaban J connectivity index is 1.88. The van der Waals surface area contributed by atoms with Crippen LogP contribution in [-0.4, -0.2) is 31.7 Å². The van der Waals surface area contributed by atoms with Gasteiger partial charge in [-0.3, -0.25) is 9.59 Å². The molecule has 6 heteroatoms. The lowest BCUT2D eigenvalue weighted by molar-refractivity contribution is -0.115. The number of anilines is 1. The van der Waals surface area contributed by atoms with E-state index in [0.29, 0.717) is 5.56 Å². The monoisotopic (exact) mass is 339 g/mol. The Morgan fingerprint density at radius 3 is 2.52 bits per heavy atom. The summed E-state index contributed by atoms with van der Waals surface area (Å²) >= 11 is 0. The zero-order valence-corrected chi connectivity index (χ0v) is 14.3. The number of hydrogen-bond acceptors (Lipinski definition) is 4. The van der Waals surface area contributed by atoms with Gasteiger partial charge in [0.15, 0.2) is 0 Å². The molecule has 0 radical (unpaired) electrons. The second kappa shape index (κ2) is 9.22. The van der Waals surface area contributed by atoms with Crippen LogP contribution in [0, 0.1) is 0 Å². The molecule has 2 rings (SSSR count). The summed E-state index contributed by atoms with van der Waals surface area (Å²) in [4.78, 5) is 28.7. The van der Waals surface area contributed by atoms with Gasteiger partial charge < -0.3 is 15.5 Å². The summed E-state index contributed by atoms with van der Waals surface area (Å²) in [7, 11) is 1.46. The molecule has 6 nitrogen and oxygen atoms in total. The van der Waals surface area contributed by atoms with E-state index in [4.69, 9.17) is 0 Å². The van der Waals surface area contributed by atoms with Gasteiger partial charge in [-0.1, -0.05) is 42.4 Å². The number of para-hydroxylation sites is 1. The minimum atomic E-state index is -0.311. The van der Waals surface area contributed by atoms with Gasteiger partial charge in [-0.15, -0.1) is 0 Å². The molecule has 2 N–H and O–H groups in total. The number of carbonyl (C=O) groups excluding carboxylic acids is 2. The molecule has 25 heavy (non-hydrogen) atoms. The van der Waals surface area contributed by atoms with Crippen molar-refractivity contribution in [3.63, 3.8) is 0 Å². The van der Waals surface area contributed by atoms with Gasteiger partial charge in [0.2, 0.25) is 5.91 Å². The van der Waals surface area contributed by atoms with Crippen molar-refractivity contribution in [3.05, 3.63) is 65.2 Å². The van der Waals surface area contributed by atoms with Crippen molar-refractivity contribution in [1.82, 2.24) is 5.32 Å². The van der Waals surface area contributed by atoms with Crippen molar-refractivity contribution >= 4 is 23.7 Å². The number of oxime groups is 1. The molecular formula is C19H21N3O3. The minimum Gasteiger partial charge on any atom is -0.399 e. The van der Waals surface area contributed by atoms with E-state index in [2.05, 4.69) is 20.6 Å². The summed E-state index contributed by atoms with van der Waals surface area (Å²) in [6, 6.07) is 14.4. The predicted octanol–water partition coefficient (Wildman–Crippen LogP) is 2.60. The van der Waals surface area contributed by atoms with E-state index in [9.17, 15) is 9.59 Å². The first-order chi connectivity index (χ1) is 12.1. The van der Waals surface area contributed by atoms with Gasteiger partial charge in [0.1, 0.15) is 7.11 Å². The highest BCUT2D eigenvalue weighted by atomic mass is 16.6. The van der Waals surface area contributed by atoms with E-state index in [-0.39, 0.29) is 18.4 Å². The van der Waals surface area contributed by atoms with Gasteiger partial charge in [-0.05, 0) is 35.7 Å². The molecule has 0 atom stereocenters. The number of benzene rings is 2. The highest BCUT2D eigenvalue weighted by Crippen LogP contribution is 2.15. The quantitative estimate of drug-likeness (QED) is 0.601. The number of nitrogens with zero attached hydrogens (tertiary/aromatic N) is 1. The van der Waals surface area contributed by atoms with Crippen molar-refractivity contribution < 1.29 is 14.4 Å². The molecule has 0 saturated carbocycles. The van der Waals surface area contributed by atoms with Crippen molar-refractivity contribution in [3.8, 4) is 0 Å². The fraction of sp³-hybridized carbons (Fsp3) is 0.211. The van der Waals surface area contributed by atoms with E-state index < -0.39 is 0 Å². The van der Waals surface area contributed by atoms with Crippen LogP contribution >= 0.6 is 0 Å². The van der Waals surface area contributed by atoms with Crippen molar-refractivity contribution in [2.75, 3.05) is 19.0 Å². The summed E-state index contributed by atoms with van der Waals surface area (Å²) in [6.07, 6.45) is 2.36. The largest absolute Gasteiger partial charge is 0.399 e. The second-order valence-corrected chi connectivity index (χ2v) is 5.28. The number of carbonyl (C=O) groups is 2. The molecule has 2 aromatic carbocycles. The summed E-state index contributed by atoms with van der Waals surface area (Å²) in [5.74, 6) is -0.577. The number of aryl methyl sites for hydroxylation is 1. The lowest BCUT2D eigenvalue weighted by atomic mass is 10.1. The highest BCUT2D eigenvalue weighted by molar-refractivity contribution is 5.99. The molecule has 0 fully saturated rings. The predicted molar refractivity (Wildman–Crippen MR) is 97.8 cm³/mol. The molecule has 0 bridgehead atoms. The van der Waals surface area contributed by atoms with Gasteiger partial charge in [0.05, 0.1) is 12.8 Å². The smallest absolute Gasteiger partial charge is 0.251 e. The van der Waals surface area contributed by atoms with E-state index in [1.165, 1.54) is 7.11 Å². The van der Waals surface area contributed by atoms with E-state index in [1.807, 2.05) is 31.2 Å². The van der Waals surface area contributed by atoms with E-state index >= 15 is 0 Å². The van der Waals surface area contributed by atoms with Gasteiger partial charge in [0, 0.05) is 11.3 Å². The first-order valence-corrected chi connectivity index (χ1v) is 7.96. The van der Waals surface area contributed by atoms with Gasteiger partial charge in [0.25, 0.3) is 5.91 Å². The maximum atomic E-state index is 12.1. The van der Waals surface area contributed by atoms with Crippen molar-refractivity contribution in [2.45, 2.75) is 13.3 Å². The lowest BCUT2D eigenvalue weighted by Gasteiger charge is -2.10. The van der Waals surface area contributed by atoms with Crippen LogP contribution in [-0.2, 0) is 16.1 Å². The molecule has 0 unspecified atom stereocenters. The second-order valence-electron chi connectivity index (χ2n) is 5.28. The van der Waals surface area contributed by atoms with Crippen LogP contribution in [0.2, 0.25) is 0 Å². The molecule has 0 aliphatic rings. The molecule has 0 spiro atoms. The highest BCUT2D eigenvalue weighted by Gasteiger charge is 2.09. The minimum absolute atomic E-state index is 0.0935. The van der Waals surface area contributed by atoms with Crippen LogP contribution in [0.3, 0.4) is 0 Å².